The van der Waals surface area contributed by atoms with Gasteiger partial charge in [0, 0.05) is 11.3 Å². The maximum absolute atomic E-state index is 5.58. The minimum absolute atomic E-state index is 0.0914. The molecule has 9 heavy (non-hydrogen) atoms. The van der Waals surface area contributed by atoms with Gasteiger partial charge in [-0.1, -0.05) is 0 Å². The summed E-state index contributed by atoms with van der Waals surface area (Å²) in [5.74, 6) is 0.972. The van der Waals surface area contributed by atoms with E-state index in [2.05, 4.69) is 19.2 Å². The summed E-state index contributed by atoms with van der Waals surface area (Å²) >= 11 is 1.55. The average molecular weight is 147 g/mol. The highest BCUT2D eigenvalue weighted by atomic mass is 32.2. The van der Waals surface area contributed by atoms with E-state index in [-0.39, 0.29) is 5.54 Å². The van der Waals surface area contributed by atoms with E-state index in [1.54, 1.807) is 11.8 Å². The molecule has 0 unspecified atom stereocenters. The van der Waals surface area contributed by atoms with Crippen LogP contribution < -0.4 is 16.8 Å². The molecule has 1 heterocycles. The zero-order valence-electron chi connectivity index (χ0n) is 5.77. The number of nitrogens with two attached hydrogens (primary N) is 2. The van der Waals surface area contributed by atoms with Crippen molar-refractivity contribution < 1.29 is 0 Å². The average Bonchev–Trinajstić information content (AvgIpc) is 1.78. The second-order valence-corrected chi connectivity index (χ2v) is 4.34. The molecule has 1 rings (SSSR count). The third-order valence-corrected chi connectivity index (χ3v) is 2.65. The molecule has 0 spiro atoms. The van der Waals surface area contributed by atoms with Crippen molar-refractivity contribution in [1.82, 2.24) is 5.32 Å². The van der Waals surface area contributed by atoms with Crippen LogP contribution in [0, 0.1) is 0 Å². The van der Waals surface area contributed by atoms with Gasteiger partial charge in [0.25, 0.3) is 0 Å². The van der Waals surface area contributed by atoms with E-state index in [4.69, 9.17) is 11.5 Å². The number of nitrogens with one attached hydrogen (secondary N) is 1. The fraction of sp³-hybridized carbons (Fsp3) is 1.00. The van der Waals surface area contributed by atoms with Crippen molar-refractivity contribution in [2.45, 2.75) is 24.5 Å². The summed E-state index contributed by atoms with van der Waals surface area (Å²) in [5, 5.41) is 2.38. The highest BCUT2D eigenvalue weighted by Gasteiger charge is 2.37. The van der Waals surface area contributed by atoms with Crippen LogP contribution in [0.4, 0.5) is 0 Å². The van der Waals surface area contributed by atoms with Crippen LogP contribution in [0.5, 0.6) is 0 Å². The van der Waals surface area contributed by atoms with Gasteiger partial charge in [-0.3, -0.25) is 16.8 Å². The Bertz CT molecular complexity index is 107. The third kappa shape index (κ3) is 1.82. The Morgan fingerprint density at radius 3 is 2.11 bits per heavy atom. The second kappa shape index (κ2) is 1.85. The molecule has 0 aromatic heterocycles. The second-order valence-electron chi connectivity index (χ2n) is 3.09. The highest BCUT2D eigenvalue weighted by molar-refractivity contribution is 8.00. The Balaban J connectivity index is 2.58. The minimum atomic E-state index is -0.705. The van der Waals surface area contributed by atoms with Crippen molar-refractivity contribution in [3.63, 3.8) is 0 Å². The monoisotopic (exact) mass is 147 g/mol. The van der Waals surface area contributed by atoms with Crippen LogP contribution in [0.1, 0.15) is 13.8 Å². The van der Waals surface area contributed by atoms with E-state index in [1.807, 2.05) is 0 Å². The lowest BCUT2D eigenvalue weighted by Crippen LogP contribution is -2.59. The molecular formula is C5H13N3S. The van der Waals surface area contributed by atoms with Gasteiger partial charge in [0.2, 0.25) is 0 Å². The molecule has 0 radical (unpaired) electrons. The standard InChI is InChI=1S/C5H13N3S/c1-4(2)3-9-5(6,7)8-4/h8H,3,6-7H2,1-2H3. The van der Waals surface area contributed by atoms with Crippen LogP contribution in [0.25, 0.3) is 0 Å². The van der Waals surface area contributed by atoms with Crippen LogP contribution in [0.3, 0.4) is 0 Å². The quantitative estimate of drug-likeness (QED) is 0.409. The lowest BCUT2D eigenvalue weighted by atomic mass is 10.1. The first-order valence-electron chi connectivity index (χ1n) is 2.92. The number of hydrogen-bond donors (Lipinski definition) is 3. The lowest BCUT2D eigenvalue weighted by Gasteiger charge is -2.22. The molecule has 0 bridgehead atoms. The molecular weight excluding hydrogens is 134 g/mol. The van der Waals surface area contributed by atoms with Crippen molar-refractivity contribution in [3.05, 3.63) is 0 Å². The summed E-state index contributed by atoms with van der Waals surface area (Å²) in [6.45, 7) is 4.17. The molecule has 0 aromatic rings. The molecule has 5 N–H and O–H groups in total. The van der Waals surface area contributed by atoms with E-state index >= 15 is 0 Å². The van der Waals surface area contributed by atoms with E-state index in [1.165, 1.54) is 0 Å². The predicted molar refractivity (Wildman–Crippen MR) is 40.8 cm³/mol. The van der Waals surface area contributed by atoms with Crippen molar-refractivity contribution in [2.75, 3.05) is 5.75 Å². The molecule has 0 aliphatic carbocycles. The molecule has 1 fully saturated rings. The zero-order chi connectivity index (χ0) is 7.12. The first kappa shape index (κ1) is 7.34. The van der Waals surface area contributed by atoms with Gasteiger partial charge in [-0.05, 0) is 13.8 Å². The van der Waals surface area contributed by atoms with E-state index < -0.39 is 5.12 Å². The van der Waals surface area contributed by atoms with Gasteiger partial charge in [-0.2, -0.15) is 0 Å². The molecule has 0 amide bonds. The maximum atomic E-state index is 5.58. The summed E-state index contributed by atoms with van der Waals surface area (Å²) < 4.78 is 0. The number of thioether (sulfide) groups is 1. The predicted octanol–water partition coefficient (Wildman–Crippen LogP) is -0.370. The summed E-state index contributed by atoms with van der Waals surface area (Å²) in [4.78, 5) is 0. The van der Waals surface area contributed by atoms with E-state index in [9.17, 15) is 0 Å². The van der Waals surface area contributed by atoms with Gasteiger partial charge in [0.1, 0.15) is 0 Å². The van der Waals surface area contributed by atoms with Crippen LogP contribution in [0.2, 0.25) is 0 Å². The van der Waals surface area contributed by atoms with Gasteiger partial charge in [-0.15, -0.1) is 11.8 Å². The molecule has 3 nitrogen and oxygen atoms in total. The Morgan fingerprint density at radius 2 is 2.00 bits per heavy atom. The smallest absolute Gasteiger partial charge is 0.168 e. The summed E-state index contributed by atoms with van der Waals surface area (Å²) in [6, 6.07) is 0. The van der Waals surface area contributed by atoms with Crippen molar-refractivity contribution in [3.8, 4) is 0 Å². The van der Waals surface area contributed by atoms with Gasteiger partial charge in [-0.25, -0.2) is 0 Å². The maximum Gasteiger partial charge on any atom is 0.168 e. The van der Waals surface area contributed by atoms with Gasteiger partial charge in [0.05, 0.1) is 0 Å². The Morgan fingerprint density at radius 1 is 1.44 bits per heavy atom. The topological polar surface area (TPSA) is 64.1 Å². The molecule has 0 saturated carbocycles. The first-order valence-corrected chi connectivity index (χ1v) is 3.91. The molecule has 54 valence electrons. The van der Waals surface area contributed by atoms with Gasteiger partial charge < -0.3 is 0 Å². The molecule has 1 aliphatic heterocycles. The Hall–Kier alpha value is 0.230. The number of hydrogen-bond acceptors (Lipinski definition) is 4. The first-order chi connectivity index (χ1) is 3.91. The summed E-state index contributed by atoms with van der Waals surface area (Å²) in [5.41, 5.74) is 11.3. The normalized spacial score (nSPS) is 30.7. The van der Waals surface area contributed by atoms with Gasteiger partial charge in [0.15, 0.2) is 5.12 Å². The third-order valence-electron chi connectivity index (χ3n) is 1.21. The molecule has 4 heteroatoms. The molecule has 1 aliphatic rings. The van der Waals surface area contributed by atoms with Crippen LogP contribution in [-0.4, -0.2) is 16.4 Å². The summed E-state index contributed by atoms with van der Waals surface area (Å²) in [6.07, 6.45) is 0. The fourth-order valence-electron chi connectivity index (χ4n) is 0.901. The molecule has 0 atom stereocenters. The fourth-order valence-corrected chi connectivity index (χ4v) is 1.92. The Labute approximate surface area is 59.5 Å². The van der Waals surface area contributed by atoms with Crippen molar-refractivity contribution in [2.24, 2.45) is 11.5 Å². The zero-order valence-corrected chi connectivity index (χ0v) is 6.59. The number of rotatable bonds is 0. The minimum Gasteiger partial charge on any atom is -0.292 e. The Kier molecular flexibility index (Phi) is 1.51. The van der Waals surface area contributed by atoms with E-state index in [0.717, 1.165) is 5.75 Å². The van der Waals surface area contributed by atoms with Crippen LogP contribution in [0.15, 0.2) is 0 Å². The highest BCUT2D eigenvalue weighted by Crippen LogP contribution is 2.27. The van der Waals surface area contributed by atoms with Crippen LogP contribution >= 0.6 is 11.8 Å². The lowest BCUT2D eigenvalue weighted by molar-refractivity contribution is 0.377. The summed E-state index contributed by atoms with van der Waals surface area (Å²) in [7, 11) is 0. The van der Waals surface area contributed by atoms with Crippen molar-refractivity contribution >= 4 is 11.8 Å². The molecule has 0 aromatic carbocycles. The SMILES string of the molecule is CC1(C)CSC(N)(N)N1. The molecule has 1 saturated heterocycles. The van der Waals surface area contributed by atoms with Crippen LogP contribution in [-0.2, 0) is 0 Å². The van der Waals surface area contributed by atoms with E-state index in [0.29, 0.717) is 0 Å². The van der Waals surface area contributed by atoms with Crippen molar-refractivity contribution in [1.29, 1.82) is 0 Å². The largest absolute Gasteiger partial charge is 0.292 e. The van der Waals surface area contributed by atoms with Gasteiger partial charge >= 0.3 is 0 Å².